The van der Waals surface area contributed by atoms with Gasteiger partial charge < -0.3 is 4.74 Å². The average molecular weight is 156 g/mol. The first-order valence-electron chi connectivity index (χ1n) is 4.76. The highest BCUT2D eigenvalue weighted by molar-refractivity contribution is 4.84. The number of hydrogen-bond acceptors (Lipinski definition) is 1. The summed E-state index contributed by atoms with van der Waals surface area (Å²) in [4.78, 5) is 0. The molecule has 0 unspecified atom stereocenters. The molecule has 0 spiro atoms. The second-order valence-electron chi connectivity index (χ2n) is 4.23. The van der Waals surface area contributed by atoms with E-state index in [0.29, 0.717) is 18.1 Å². The summed E-state index contributed by atoms with van der Waals surface area (Å²) in [5, 5.41) is 0. The van der Waals surface area contributed by atoms with Crippen LogP contribution in [0.1, 0.15) is 40.5 Å². The summed E-state index contributed by atoms with van der Waals surface area (Å²) in [5.74, 6) is 1.56. The molecule has 0 radical (unpaired) electrons. The van der Waals surface area contributed by atoms with Crippen molar-refractivity contribution in [3.05, 3.63) is 0 Å². The van der Waals surface area contributed by atoms with E-state index >= 15 is 0 Å². The Balaban J connectivity index is 2.32. The minimum absolute atomic E-state index is 0.392. The molecular weight excluding hydrogens is 136 g/mol. The van der Waals surface area contributed by atoms with E-state index in [1.54, 1.807) is 0 Å². The highest BCUT2D eigenvalue weighted by atomic mass is 16.5. The average Bonchev–Trinajstić information content (AvgIpc) is 2.63. The van der Waals surface area contributed by atoms with Gasteiger partial charge in [0.25, 0.3) is 0 Å². The summed E-state index contributed by atoms with van der Waals surface area (Å²) in [6.45, 7) is 8.76. The van der Waals surface area contributed by atoms with E-state index in [2.05, 4.69) is 27.7 Å². The Morgan fingerprint density at radius 1 is 1.09 bits per heavy atom. The molecule has 0 aromatic heterocycles. The van der Waals surface area contributed by atoms with Crippen molar-refractivity contribution in [3.63, 3.8) is 0 Å². The van der Waals surface area contributed by atoms with E-state index in [9.17, 15) is 0 Å². The Bertz CT molecular complexity index is 112. The summed E-state index contributed by atoms with van der Waals surface area (Å²) >= 11 is 0. The third kappa shape index (κ3) is 2.82. The zero-order valence-corrected chi connectivity index (χ0v) is 8.13. The maximum absolute atomic E-state index is 5.84. The van der Waals surface area contributed by atoms with Crippen LogP contribution in [0.2, 0.25) is 0 Å². The van der Waals surface area contributed by atoms with Gasteiger partial charge in [0.05, 0.1) is 12.2 Å². The normalized spacial score (nSPS) is 21.3. The Morgan fingerprint density at radius 2 is 1.64 bits per heavy atom. The van der Waals surface area contributed by atoms with Crippen molar-refractivity contribution in [1.29, 1.82) is 0 Å². The smallest absolute Gasteiger partial charge is 0.0629 e. The first-order chi connectivity index (χ1) is 5.11. The van der Waals surface area contributed by atoms with Crippen molar-refractivity contribution in [1.82, 2.24) is 0 Å². The van der Waals surface area contributed by atoms with Gasteiger partial charge in [-0.15, -0.1) is 0 Å². The molecule has 1 heteroatoms. The van der Waals surface area contributed by atoms with E-state index in [-0.39, 0.29) is 0 Å². The maximum atomic E-state index is 5.84. The van der Waals surface area contributed by atoms with Crippen molar-refractivity contribution in [2.75, 3.05) is 0 Å². The van der Waals surface area contributed by atoms with Crippen LogP contribution in [-0.2, 0) is 4.74 Å². The van der Waals surface area contributed by atoms with Gasteiger partial charge in [-0.25, -0.2) is 0 Å². The monoisotopic (exact) mass is 156 g/mol. The fourth-order valence-corrected chi connectivity index (χ4v) is 1.55. The predicted octanol–water partition coefficient (Wildman–Crippen LogP) is 2.85. The molecular formula is C10H20O. The molecule has 0 amide bonds. The van der Waals surface area contributed by atoms with Gasteiger partial charge in [-0.05, 0) is 38.5 Å². The molecule has 0 saturated heterocycles. The third-order valence-corrected chi connectivity index (χ3v) is 2.17. The summed E-state index contributed by atoms with van der Waals surface area (Å²) in [6, 6.07) is 0. The minimum Gasteiger partial charge on any atom is -0.375 e. The molecule has 0 bridgehead atoms. The topological polar surface area (TPSA) is 9.23 Å². The molecule has 0 aromatic rings. The van der Waals surface area contributed by atoms with Crippen LogP contribution in [-0.4, -0.2) is 12.2 Å². The third-order valence-electron chi connectivity index (χ3n) is 2.17. The molecule has 1 atom stereocenters. The van der Waals surface area contributed by atoms with E-state index in [4.69, 9.17) is 4.74 Å². The number of hydrogen-bond donors (Lipinski definition) is 0. The van der Waals surface area contributed by atoms with Crippen LogP contribution in [0.4, 0.5) is 0 Å². The Kier molecular flexibility index (Phi) is 2.94. The van der Waals surface area contributed by atoms with Crippen molar-refractivity contribution in [3.8, 4) is 0 Å². The predicted molar refractivity (Wildman–Crippen MR) is 47.6 cm³/mol. The second-order valence-corrected chi connectivity index (χ2v) is 4.23. The van der Waals surface area contributed by atoms with E-state index in [1.807, 2.05) is 0 Å². The van der Waals surface area contributed by atoms with Gasteiger partial charge in [-0.3, -0.25) is 0 Å². The van der Waals surface area contributed by atoms with Gasteiger partial charge in [-0.2, -0.15) is 0 Å². The minimum atomic E-state index is 0.392. The van der Waals surface area contributed by atoms with Crippen LogP contribution >= 0.6 is 0 Å². The SMILES string of the molecule is CC(C)O[C@@H](C(C)C)C1CC1. The first-order valence-corrected chi connectivity index (χ1v) is 4.76. The van der Waals surface area contributed by atoms with Crippen LogP contribution in [0, 0.1) is 11.8 Å². The van der Waals surface area contributed by atoms with Gasteiger partial charge in [0.15, 0.2) is 0 Å². The van der Waals surface area contributed by atoms with Gasteiger partial charge in [0.2, 0.25) is 0 Å². The lowest BCUT2D eigenvalue weighted by atomic mass is 10.0. The van der Waals surface area contributed by atoms with Crippen LogP contribution in [0.25, 0.3) is 0 Å². The summed E-state index contributed by atoms with van der Waals surface area (Å²) in [5.41, 5.74) is 0. The zero-order chi connectivity index (χ0) is 8.43. The number of rotatable bonds is 4. The van der Waals surface area contributed by atoms with Gasteiger partial charge in [-0.1, -0.05) is 13.8 Å². The molecule has 1 nitrogen and oxygen atoms in total. The molecule has 0 heterocycles. The summed E-state index contributed by atoms with van der Waals surface area (Å²) in [6.07, 6.45) is 3.68. The Hall–Kier alpha value is -0.0400. The lowest BCUT2D eigenvalue weighted by Gasteiger charge is -2.23. The Labute approximate surface area is 70.1 Å². The zero-order valence-electron chi connectivity index (χ0n) is 8.13. The standard InChI is InChI=1S/C10H20O/c1-7(2)10(9-5-6-9)11-8(3)4/h7-10H,5-6H2,1-4H3/t10-/m0/s1. The lowest BCUT2D eigenvalue weighted by Crippen LogP contribution is -2.25. The van der Waals surface area contributed by atoms with Crippen molar-refractivity contribution < 1.29 is 4.74 Å². The first kappa shape index (κ1) is 9.05. The van der Waals surface area contributed by atoms with E-state index in [0.717, 1.165) is 5.92 Å². The van der Waals surface area contributed by atoms with Crippen molar-refractivity contribution in [2.24, 2.45) is 11.8 Å². The molecule has 0 N–H and O–H groups in total. The molecule has 1 aliphatic carbocycles. The van der Waals surface area contributed by atoms with E-state index in [1.165, 1.54) is 12.8 Å². The van der Waals surface area contributed by atoms with E-state index < -0.39 is 0 Å². The number of ether oxygens (including phenoxy) is 1. The van der Waals surface area contributed by atoms with Gasteiger partial charge in [0, 0.05) is 0 Å². The summed E-state index contributed by atoms with van der Waals surface area (Å²) in [7, 11) is 0. The van der Waals surface area contributed by atoms with Crippen LogP contribution in [0.3, 0.4) is 0 Å². The maximum Gasteiger partial charge on any atom is 0.0629 e. The molecule has 1 rings (SSSR count). The largest absolute Gasteiger partial charge is 0.375 e. The van der Waals surface area contributed by atoms with Crippen LogP contribution in [0.15, 0.2) is 0 Å². The van der Waals surface area contributed by atoms with Gasteiger partial charge in [0.1, 0.15) is 0 Å². The molecule has 0 aromatic carbocycles. The molecule has 1 aliphatic rings. The fraction of sp³-hybridized carbons (Fsp3) is 1.00. The summed E-state index contributed by atoms with van der Waals surface area (Å²) < 4.78 is 5.84. The van der Waals surface area contributed by atoms with Crippen LogP contribution in [0.5, 0.6) is 0 Å². The Morgan fingerprint density at radius 3 is 1.91 bits per heavy atom. The molecule has 1 fully saturated rings. The molecule has 0 aliphatic heterocycles. The quantitative estimate of drug-likeness (QED) is 0.608. The second kappa shape index (κ2) is 3.57. The molecule has 1 saturated carbocycles. The highest BCUT2D eigenvalue weighted by Gasteiger charge is 2.34. The van der Waals surface area contributed by atoms with Gasteiger partial charge >= 0.3 is 0 Å². The molecule has 66 valence electrons. The lowest BCUT2D eigenvalue weighted by molar-refractivity contribution is -0.0307. The fourth-order valence-electron chi connectivity index (χ4n) is 1.55. The highest BCUT2D eigenvalue weighted by Crippen LogP contribution is 2.37. The van der Waals surface area contributed by atoms with Crippen LogP contribution < -0.4 is 0 Å². The molecule has 11 heavy (non-hydrogen) atoms. The van der Waals surface area contributed by atoms with Crippen molar-refractivity contribution >= 4 is 0 Å². The van der Waals surface area contributed by atoms with Crippen molar-refractivity contribution in [2.45, 2.75) is 52.7 Å².